The molecule has 0 atom stereocenters. The van der Waals surface area contributed by atoms with E-state index < -0.39 is 0 Å². The molecule has 1 aromatic heterocycles. The molecule has 0 radical (unpaired) electrons. The Balaban J connectivity index is 2.50. The van der Waals surface area contributed by atoms with Crippen LogP contribution < -0.4 is 4.74 Å². The van der Waals surface area contributed by atoms with Crippen molar-refractivity contribution in [3.8, 4) is 11.4 Å². The summed E-state index contributed by atoms with van der Waals surface area (Å²) in [5, 5.41) is 4.13. The number of methoxy groups -OCH3 is 1. The number of hydrogen-bond donors (Lipinski definition) is 0. The lowest BCUT2D eigenvalue weighted by atomic mass is 10.1. The molecule has 16 heavy (non-hydrogen) atoms. The van der Waals surface area contributed by atoms with Gasteiger partial charge in [0.2, 0.25) is 0 Å². The third kappa shape index (κ3) is 1.82. The second kappa shape index (κ2) is 4.18. The molecule has 0 aliphatic rings. The topological polar surface area (TPSA) is 44.1 Å². The van der Waals surface area contributed by atoms with Gasteiger partial charge in [-0.2, -0.15) is 5.10 Å². The summed E-state index contributed by atoms with van der Waals surface area (Å²) < 4.78 is 6.67. The van der Waals surface area contributed by atoms with E-state index in [4.69, 9.17) is 4.74 Å². The van der Waals surface area contributed by atoms with Crippen LogP contribution in [0, 0.1) is 6.92 Å². The Bertz CT molecular complexity index is 517. The highest BCUT2D eigenvalue weighted by Crippen LogP contribution is 2.17. The standard InChI is InChI=1S/C12H12N2O2/c1-9-3-4-12(10(5-9)8-15)14-7-11(16-2)6-13-14/h3-8H,1-2H3. The summed E-state index contributed by atoms with van der Waals surface area (Å²) in [6.07, 6.45) is 4.17. The fraction of sp³-hybridized carbons (Fsp3) is 0.167. The van der Waals surface area contributed by atoms with Crippen molar-refractivity contribution >= 4 is 6.29 Å². The van der Waals surface area contributed by atoms with E-state index in [9.17, 15) is 4.79 Å². The SMILES string of the molecule is COc1cnn(-c2ccc(C)cc2C=O)c1. The molecule has 0 unspecified atom stereocenters. The van der Waals surface area contributed by atoms with Crippen LogP contribution in [0.3, 0.4) is 0 Å². The Morgan fingerprint density at radius 1 is 1.44 bits per heavy atom. The van der Waals surface area contributed by atoms with Gasteiger partial charge in [0.15, 0.2) is 12.0 Å². The summed E-state index contributed by atoms with van der Waals surface area (Å²) in [5.74, 6) is 0.664. The van der Waals surface area contributed by atoms with Crippen LogP contribution in [0.25, 0.3) is 5.69 Å². The summed E-state index contributed by atoms with van der Waals surface area (Å²) in [6, 6.07) is 5.64. The number of carbonyl (C=O) groups excluding carboxylic acids is 1. The summed E-state index contributed by atoms with van der Waals surface area (Å²) in [6.45, 7) is 1.94. The molecule has 0 fully saturated rings. The average molecular weight is 216 g/mol. The summed E-state index contributed by atoms with van der Waals surface area (Å²) >= 11 is 0. The van der Waals surface area contributed by atoms with Gasteiger partial charge in [0, 0.05) is 5.56 Å². The number of aromatic nitrogens is 2. The van der Waals surface area contributed by atoms with Gasteiger partial charge in [0.25, 0.3) is 0 Å². The van der Waals surface area contributed by atoms with Gasteiger partial charge in [-0.25, -0.2) is 4.68 Å². The molecule has 0 spiro atoms. The normalized spacial score (nSPS) is 10.1. The lowest BCUT2D eigenvalue weighted by Gasteiger charge is -2.05. The van der Waals surface area contributed by atoms with Gasteiger partial charge in [-0.3, -0.25) is 4.79 Å². The zero-order chi connectivity index (χ0) is 11.5. The Kier molecular flexibility index (Phi) is 2.72. The highest BCUT2D eigenvalue weighted by atomic mass is 16.5. The van der Waals surface area contributed by atoms with Gasteiger partial charge in [0.1, 0.15) is 0 Å². The van der Waals surface area contributed by atoms with E-state index in [2.05, 4.69) is 5.10 Å². The monoisotopic (exact) mass is 216 g/mol. The van der Waals surface area contributed by atoms with Gasteiger partial charge >= 0.3 is 0 Å². The molecule has 0 saturated carbocycles. The van der Waals surface area contributed by atoms with Crippen LogP contribution in [0.5, 0.6) is 5.75 Å². The maximum absolute atomic E-state index is 11.0. The predicted octanol–water partition coefficient (Wildman–Crippen LogP) is 2.00. The molecule has 0 bridgehead atoms. The van der Waals surface area contributed by atoms with E-state index >= 15 is 0 Å². The van der Waals surface area contributed by atoms with Gasteiger partial charge in [-0.1, -0.05) is 11.6 Å². The number of ether oxygens (including phenoxy) is 1. The highest BCUT2D eigenvalue weighted by Gasteiger charge is 2.06. The van der Waals surface area contributed by atoms with Crippen LogP contribution in [0.2, 0.25) is 0 Å². The molecule has 1 aromatic carbocycles. The van der Waals surface area contributed by atoms with E-state index in [1.165, 1.54) is 0 Å². The average Bonchev–Trinajstić information content (AvgIpc) is 2.77. The second-order valence-corrected chi connectivity index (χ2v) is 3.50. The second-order valence-electron chi connectivity index (χ2n) is 3.50. The molecule has 0 saturated heterocycles. The Morgan fingerprint density at radius 3 is 2.88 bits per heavy atom. The molecule has 82 valence electrons. The summed E-state index contributed by atoms with van der Waals surface area (Å²) in [5.41, 5.74) is 2.42. The third-order valence-corrected chi connectivity index (χ3v) is 2.35. The Morgan fingerprint density at radius 2 is 2.25 bits per heavy atom. The van der Waals surface area contributed by atoms with Crippen molar-refractivity contribution in [3.63, 3.8) is 0 Å². The van der Waals surface area contributed by atoms with Crippen molar-refractivity contribution in [1.29, 1.82) is 0 Å². The fourth-order valence-corrected chi connectivity index (χ4v) is 1.52. The molecule has 4 heteroatoms. The number of hydrogen-bond acceptors (Lipinski definition) is 3. The number of aldehydes is 1. The van der Waals surface area contributed by atoms with E-state index in [1.807, 2.05) is 25.1 Å². The third-order valence-electron chi connectivity index (χ3n) is 2.35. The molecular weight excluding hydrogens is 204 g/mol. The molecule has 4 nitrogen and oxygen atoms in total. The fourth-order valence-electron chi connectivity index (χ4n) is 1.52. The van der Waals surface area contributed by atoms with Crippen LogP contribution in [0.15, 0.2) is 30.6 Å². The maximum atomic E-state index is 11.0. The van der Waals surface area contributed by atoms with Gasteiger partial charge in [0.05, 0.1) is 25.2 Å². The largest absolute Gasteiger partial charge is 0.493 e. The van der Waals surface area contributed by atoms with Crippen molar-refractivity contribution in [2.24, 2.45) is 0 Å². The quantitative estimate of drug-likeness (QED) is 0.737. The number of aryl methyl sites for hydroxylation is 1. The minimum atomic E-state index is 0.616. The molecular formula is C12H12N2O2. The molecule has 2 rings (SSSR count). The lowest BCUT2D eigenvalue weighted by Crippen LogP contribution is -1.99. The van der Waals surface area contributed by atoms with Crippen molar-refractivity contribution < 1.29 is 9.53 Å². The number of rotatable bonds is 3. The van der Waals surface area contributed by atoms with Gasteiger partial charge < -0.3 is 4.74 Å². The number of benzene rings is 1. The maximum Gasteiger partial charge on any atom is 0.157 e. The van der Waals surface area contributed by atoms with E-state index in [1.54, 1.807) is 24.2 Å². The van der Waals surface area contributed by atoms with Crippen LogP contribution >= 0.6 is 0 Å². The van der Waals surface area contributed by atoms with Crippen LogP contribution in [0.1, 0.15) is 15.9 Å². The van der Waals surface area contributed by atoms with Crippen LogP contribution in [-0.2, 0) is 0 Å². The Hall–Kier alpha value is -2.10. The van der Waals surface area contributed by atoms with Crippen LogP contribution in [0.4, 0.5) is 0 Å². The molecule has 0 aliphatic heterocycles. The van der Waals surface area contributed by atoms with E-state index in [0.717, 1.165) is 17.5 Å². The number of nitrogens with zero attached hydrogens (tertiary/aromatic N) is 2. The van der Waals surface area contributed by atoms with Crippen molar-refractivity contribution in [2.45, 2.75) is 6.92 Å². The predicted molar refractivity (Wildman–Crippen MR) is 60.2 cm³/mol. The summed E-state index contributed by atoms with van der Waals surface area (Å²) in [4.78, 5) is 11.0. The zero-order valence-electron chi connectivity index (χ0n) is 9.18. The van der Waals surface area contributed by atoms with E-state index in [-0.39, 0.29) is 0 Å². The summed E-state index contributed by atoms with van der Waals surface area (Å²) in [7, 11) is 1.58. The highest BCUT2D eigenvalue weighted by molar-refractivity contribution is 5.81. The van der Waals surface area contributed by atoms with Gasteiger partial charge in [-0.15, -0.1) is 0 Å². The molecule has 0 N–H and O–H groups in total. The van der Waals surface area contributed by atoms with Crippen LogP contribution in [-0.4, -0.2) is 23.2 Å². The Labute approximate surface area is 93.5 Å². The first kappa shape index (κ1) is 10.4. The van der Waals surface area contributed by atoms with Crippen molar-refractivity contribution in [1.82, 2.24) is 9.78 Å². The van der Waals surface area contributed by atoms with Crippen molar-refractivity contribution in [3.05, 3.63) is 41.7 Å². The molecule has 0 amide bonds. The first-order valence-corrected chi connectivity index (χ1v) is 4.89. The molecule has 0 aliphatic carbocycles. The van der Waals surface area contributed by atoms with Crippen molar-refractivity contribution in [2.75, 3.05) is 7.11 Å². The van der Waals surface area contributed by atoms with Gasteiger partial charge in [-0.05, 0) is 19.1 Å². The first-order valence-electron chi connectivity index (χ1n) is 4.89. The minimum Gasteiger partial charge on any atom is -0.493 e. The first-order chi connectivity index (χ1) is 7.74. The number of carbonyl (C=O) groups is 1. The molecule has 2 aromatic rings. The minimum absolute atomic E-state index is 0.616. The van der Waals surface area contributed by atoms with E-state index in [0.29, 0.717) is 11.3 Å². The smallest absolute Gasteiger partial charge is 0.157 e. The lowest BCUT2D eigenvalue weighted by molar-refractivity contribution is 0.112. The molecule has 1 heterocycles. The zero-order valence-corrected chi connectivity index (χ0v) is 9.18.